The van der Waals surface area contributed by atoms with Crippen LogP contribution < -0.4 is 10.2 Å². The number of nitrogens with one attached hydrogen (secondary N) is 1. The Bertz CT molecular complexity index is 1240. The molecule has 3 heterocycles. The summed E-state index contributed by atoms with van der Waals surface area (Å²) >= 11 is 0. The highest BCUT2D eigenvalue weighted by molar-refractivity contribution is 5.89. The predicted molar refractivity (Wildman–Crippen MR) is 149 cm³/mol. The fraction of sp³-hybridized carbons (Fsp3) is 0.533. The molecule has 39 heavy (non-hydrogen) atoms. The number of benzene rings is 1. The molecular weight excluding hydrogens is 492 g/mol. The maximum Gasteiger partial charge on any atom is 0.415 e. The van der Waals surface area contributed by atoms with Crippen LogP contribution >= 0.6 is 0 Å². The molecule has 9 heteroatoms. The number of cyclic esters (lactones) is 1. The summed E-state index contributed by atoms with van der Waals surface area (Å²) < 4.78 is 5.20. The Morgan fingerprint density at radius 1 is 1.18 bits per heavy atom. The van der Waals surface area contributed by atoms with Gasteiger partial charge in [0.15, 0.2) is 0 Å². The summed E-state index contributed by atoms with van der Waals surface area (Å²) in [6.45, 7) is 11.6. The molecule has 1 N–H and O–H groups in total. The number of hydrogen-bond acceptors (Lipinski definition) is 7. The lowest BCUT2D eigenvalue weighted by atomic mass is 9.42. The lowest BCUT2D eigenvalue weighted by Crippen LogP contribution is -2.55. The van der Waals surface area contributed by atoms with Crippen molar-refractivity contribution in [2.24, 2.45) is 11.3 Å². The van der Waals surface area contributed by atoms with Crippen LogP contribution in [0.25, 0.3) is 0 Å². The summed E-state index contributed by atoms with van der Waals surface area (Å²) in [6, 6.07) is 9.31. The molecule has 1 saturated heterocycles. The van der Waals surface area contributed by atoms with E-state index in [2.05, 4.69) is 58.0 Å². The molecule has 2 atom stereocenters. The van der Waals surface area contributed by atoms with Crippen LogP contribution in [0.1, 0.15) is 68.3 Å². The predicted octanol–water partition coefficient (Wildman–Crippen LogP) is 4.69. The first-order valence-corrected chi connectivity index (χ1v) is 14.2. The van der Waals surface area contributed by atoms with E-state index >= 15 is 0 Å². The molecule has 5 aliphatic rings. The van der Waals surface area contributed by atoms with Gasteiger partial charge in [0, 0.05) is 45.0 Å². The average molecular weight is 531 g/mol. The van der Waals surface area contributed by atoms with E-state index in [9.17, 15) is 9.59 Å². The molecule has 2 bridgehead atoms. The first-order valence-electron chi connectivity index (χ1n) is 14.2. The van der Waals surface area contributed by atoms with Crippen molar-refractivity contribution in [3.05, 3.63) is 59.8 Å². The molecular formula is C30H38N6O3. The highest BCUT2D eigenvalue weighted by atomic mass is 16.6. The van der Waals surface area contributed by atoms with Crippen molar-refractivity contribution in [2.75, 3.05) is 42.9 Å². The molecule has 9 nitrogen and oxygen atoms in total. The third-order valence-corrected chi connectivity index (χ3v) is 9.18. The van der Waals surface area contributed by atoms with Crippen molar-refractivity contribution in [1.29, 1.82) is 0 Å². The second kappa shape index (κ2) is 10.3. The number of hydrogen-bond donors (Lipinski definition) is 1. The minimum atomic E-state index is -0.375. The first-order chi connectivity index (χ1) is 18.9. The van der Waals surface area contributed by atoms with Crippen LogP contribution in [0.15, 0.2) is 43.1 Å². The monoisotopic (exact) mass is 530 g/mol. The largest absolute Gasteiger partial charge is 0.444 e. The van der Waals surface area contributed by atoms with Crippen molar-refractivity contribution in [1.82, 2.24) is 19.8 Å². The van der Waals surface area contributed by atoms with Gasteiger partial charge in [0.25, 0.3) is 0 Å². The van der Waals surface area contributed by atoms with E-state index in [0.717, 1.165) is 43.2 Å². The Morgan fingerprint density at radius 2 is 1.87 bits per heavy atom. The summed E-state index contributed by atoms with van der Waals surface area (Å²) in [5.41, 5.74) is 3.83. The second-order valence-electron chi connectivity index (χ2n) is 11.6. The van der Waals surface area contributed by atoms with Gasteiger partial charge in [0.2, 0.25) is 11.9 Å². The number of aromatic nitrogens is 2. The number of carbonyl (C=O) groups excluding carboxylic acids is 2. The zero-order valence-corrected chi connectivity index (χ0v) is 22.9. The van der Waals surface area contributed by atoms with E-state index in [1.165, 1.54) is 42.2 Å². The molecule has 3 saturated carbocycles. The highest BCUT2D eigenvalue weighted by Crippen LogP contribution is 2.68. The number of rotatable bonds is 9. The molecule has 1 aromatic carbocycles. The molecule has 2 amide bonds. The van der Waals surface area contributed by atoms with Crippen molar-refractivity contribution >= 4 is 23.8 Å². The number of amides is 2. The topological polar surface area (TPSA) is 90.9 Å². The summed E-state index contributed by atoms with van der Waals surface area (Å²) in [7, 11) is 0. The quantitative estimate of drug-likeness (QED) is 0.471. The van der Waals surface area contributed by atoms with E-state index in [4.69, 9.17) is 4.74 Å². The minimum Gasteiger partial charge on any atom is -0.444 e. The van der Waals surface area contributed by atoms with Gasteiger partial charge in [-0.25, -0.2) is 9.78 Å². The number of fused-ring (bicyclic) bond motifs is 1. The molecule has 2 aliphatic heterocycles. The Kier molecular flexibility index (Phi) is 6.79. The fourth-order valence-corrected chi connectivity index (χ4v) is 6.83. The van der Waals surface area contributed by atoms with E-state index in [1.807, 2.05) is 11.8 Å². The van der Waals surface area contributed by atoms with Gasteiger partial charge in [-0.15, -0.1) is 0 Å². The lowest BCUT2D eigenvalue weighted by Gasteiger charge is -2.64. The number of ether oxygens (including phenoxy) is 1. The third-order valence-electron chi connectivity index (χ3n) is 9.18. The normalized spacial score (nSPS) is 25.5. The fourth-order valence-electron chi connectivity index (χ4n) is 6.83. The number of nitrogens with zero attached hydrogens (tertiary/aromatic N) is 5. The van der Waals surface area contributed by atoms with Crippen LogP contribution in [0, 0.1) is 11.3 Å². The van der Waals surface area contributed by atoms with Gasteiger partial charge in [-0.2, -0.15) is 4.98 Å². The van der Waals surface area contributed by atoms with Gasteiger partial charge in [-0.1, -0.05) is 30.8 Å². The summed E-state index contributed by atoms with van der Waals surface area (Å²) in [5, 5.41) is 3.41. The smallest absolute Gasteiger partial charge is 0.415 e. The minimum absolute atomic E-state index is 0.00718. The van der Waals surface area contributed by atoms with E-state index in [1.54, 1.807) is 6.20 Å². The van der Waals surface area contributed by atoms with Gasteiger partial charge in [0.1, 0.15) is 12.4 Å². The van der Waals surface area contributed by atoms with Gasteiger partial charge in [-0.05, 0) is 68.1 Å². The second-order valence-corrected chi connectivity index (χ2v) is 11.6. The zero-order valence-electron chi connectivity index (χ0n) is 22.9. The van der Waals surface area contributed by atoms with Crippen molar-refractivity contribution in [3.63, 3.8) is 0 Å². The molecule has 7 rings (SSSR count). The standard InChI is InChI=1S/C30H38N6O3/c1-4-26(37)35-12-10-34(11-13-35)25(17-30-14-21(15-30)16-30)23-8-6-22(7-9-23)20(3)32-28-31-18-24-19-39-29(38)36(5-2)27(24)33-28/h4,6-9,18,20-21,25H,1,5,10-17,19H2,2-3H3,(H,31,32,33)/t20-,21?,25?,30?/m0/s1. The van der Waals surface area contributed by atoms with Crippen LogP contribution in [0.3, 0.4) is 0 Å². The summed E-state index contributed by atoms with van der Waals surface area (Å²) in [4.78, 5) is 39.3. The molecule has 3 aliphatic carbocycles. The molecule has 1 aromatic heterocycles. The average Bonchev–Trinajstić information content (AvgIpc) is 2.91. The van der Waals surface area contributed by atoms with Gasteiger partial charge >= 0.3 is 6.09 Å². The van der Waals surface area contributed by atoms with Crippen LogP contribution in [-0.4, -0.2) is 64.5 Å². The lowest BCUT2D eigenvalue weighted by molar-refractivity contribution is -0.134. The van der Waals surface area contributed by atoms with Crippen molar-refractivity contribution < 1.29 is 14.3 Å². The van der Waals surface area contributed by atoms with Gasteiger partial charge in [-0.3, -0.25) is 14.6 Å². The number of carbonyl (C=O) groups is 2. The molecule has 0 spiro atoms. The first kappa shape index (κ1) is 25.8. The third kappa shape index (κ3) is 4.88. The molecule has 0 radical (unpaired) electrons. The van der Waals surface area contributed by atoms with Crippen LogP contribution in [0.2, 0.25) is 0 Å². The maximum atomic E-state index is 12.1. The summed E-state index contributed by atoms with van der Waals surface area (Å²) in [6.07, 6.45) is 8.12. The van der Waals surface area contributed by atoms with E-state index in [0.29, 0.717) is 29.8 Å². The highest BCUT2D eigenvalue weighted by Gasteiger charge is 2.57. The molecule has 206 valence electrons. The molecule has 1 unspecified atom stereocenters. The molecule has 4 fully saturated rings. The Labute approximate surface area is 230 Å². The maximum absolute atomic E-state index is 12.1. The van der Waals surface area contributed by atoms with Gasteiger partial charge in [0.05, 0.1) is 11.6 Å². The Morgan fingerprint density at radius 3 is 2.49 bits per heavy atom. The Balaban J connectivity index is 1.15. The van der Waals surface area contributed by atoms with Crippen LogP contribution in [0.4, 0.5) is 16.6 Å². The van der Waals surface area contributed by atoms with E-state index in [-0.39, 0.29) is 24.6 Å². The Hall–Kier alpha value is -3.46. The van der Waals surface area contributed by atoms with Crippen molar-refractivity contribution in [2.45, 2.75) is 58.2 Å². The van der Waals surface area contributed by atoms with E-state index < -0.39 is 0 Å². The van der Waals surface area contributed by atoms with Crippen LogP contribution in [-0.2, 0) is 16.1 Å². The number of anilines is 2. The van der Waals surface area contributed by atoms with Crippen molar-refractivity contribution in [3.8, 4) is 0 Å². The molecule has 2 aromatic rings. The zero-order chi connectivity index (χ0) is 27.1. The van der Waals surface area contributed by atoms with Crippen LogP contribution in [0.5, 0.6) is 0 Å². The SMILES string of the molecule is C=CC(=O)N1CCN(C(CC23CC(C2)C3)c2ccc([C@H](C)Nc3ncc4c(n3)N(CC)C(=O)OC4)cc2)CC1. The number of piperazine rings is 1. The summed E-state index contributed by atoms with van der Waals surface area (Å²) in [5.74, 6) is 2.09. The van der Waals surface area contributed by atoms with Gasteiger partial charge < -0.3 is 15.0 Å².